The van der Waals surface area contributed by atoms with Crippen LogP contribution in [0.1, 0.15) is 45.0 Å². The Bertz CT molecular complexity index is 1030. The standard InChI is InChI=1S/C19H16N4O2S/c20-9-11-5-7-12(8-6-11)19(24)25-10-15-22-17(21)16-13-3-1-2-4-14(13)26-18(16)23-15/h5-8H,1-4,10H2,(H2,21,22,23). The summed E-state index contributed by atoms with van der Waals surface area (Å²) >= 11 is 1.66. The smallest absolute Gasteiger partial charge is 0.338 e. The quantitative estimate of drug-likeness (QED) is 0.715. The summed E-state index contributed by atoms with van der Waals surface area (Å²) in [6, 6.07) is 8.29. The first-order chi connectivity index (χ1) is 12.7. The predicted octanol–water partition coefficient (Wildman–Crippen LogP) is 3.38. The molecule has 130 valence electrons. The first kappa shape index (κ1) is 16.5. The summed E-state index contributed by atoms with van der Waals surface area (Å²) in [5.74, 6) is 0.372. The van der Waals surface area contributed by atoms with Gasteiger partial charge < -0.3 is 10.5 Å². The van der Waals surface area contributed by atoms with Crippen molar-refractivity contribution < 1.29 is 9.53 Å². The molecule has 2 heterocycles. The Morgan fingerprint density at radius 2 is 2.00 bits per heavy atom. The number of nitrogen functional groups attached to an aromatic ring is 1. The Labute approximate surface area is 154 Å². The highest BCUT2D eigenvalue weighted by Gasteiger charge is 2.20. The number of hydrogen-bond donors (Lipinski definition) is 1. The average molecular weight is 364 g/mol. The molecule has 2 aromatic heterocycles. The van der Waals surface area contributed by atoms with Gasteiger partial charge in [0.2, 0.25) is 0 Å². The van der Waals surface area contributed by atoms with E-state index in [0.29, 0.717) is 22.8 Å². The summed E-state index contributed by atoms with van der Waals surface area (Å²) in [7, 11) is 0. The zero-order valence-electron chi connectivity index (χ0n) is 14.0. The number of thiophene rings is 1. The van der Waals surface area contributed by atoms with Crippen LogP contribution in [0.2, 0.25) is 0 Å². The Kier molecular flexibility index (Phi) is 4.27. The van der Waals surface area contributed by atoms with E-state index in [4.69, 9.17) is 15.7 Å². The summed E-state index contributed by atoms with van der Waals surface area (Å²) in [4.78, 5) is 23.2. The van der Waals surface area contributed by atoms with Crippen molar-refractivity contribution in [2.45, 2.75) is 32.3 Å². The number of aryl methyl sites for hydroxylation is 2. The van der Waals surface area contributed by atoms with E-state index in [1.54, 1.807) is 35.6 Å². The fourth-order valence-electron chi connectivity index (χ4n) is 3.19. The van der Waals surface area contributed by atoms with Crippen LogP contribution in [0.25, 0.3) is 10.2 Å². The van der Waals surface area contributed by atoms with E-state index in [2.05, 4.69) is 9.97 Å². The maximum Gasteiger partial charge on any atom is 0.338 e. The minimum absolute atomic E-state index is 0.0401. The second-order valence-electron chi connectivity index (χ2n) is 6.18. The van der Waals surface area contributed by atoms with E-state index in [9.17, 15) is 4.79 Å². The van der Waals surface area contributed by atoms with Gasteiger partial charge in [0.15, 0.2) is 12.4 Å². The van der Waals surface area contributed by atoms with Crippen LogP contribution in [0.5, 0.6) is 0 Å². The number of carbonyl (C=O) groups excluding carboxylic acids is 1. The van der Waals surface area contributed by atoms with Gasteiger partial charge >= 0.3 is 5.97 Å². The topological polar surface area (TPSA) is 102 Å². The number of aromatic nitrogens is 2. The lowest BCUT2D eigenvalue weighted by atomic mass is 9.97. The normalized spacial score (nSPS) is 13.2. The molecule has 1 aromatic carbocycles. The molecule has 26 heavy (non-hydrogen) atoms. The van der Waals surface area contributed by atoms with E-state index in [-0.39, 0.29) is 6.61 Å². The maximum atomic E-state index is 12.1. The molecule has 0 saturated heterocycles. The number of ether oxygens (including phenoxy) is 1. The van der Waals surface area contributed by atoms with E-state index < -0.39 is 5.97 Å². The van der Waals surface area contributed by atoms with E-state index in [0.717, 1.165) is 23.1 Å². The summed E-state index contributed by atoms with van der Waals surface area (Å²) in [6.07, 6.45) is 4.46. The number of benzene rings is 1. The number of fused-ring (bicyclic) bond motifs is 3. The molecule has 0 fully saturated rings. The van der Waals surface area contributed by atoms with Crippen LogP contribution < -0.4 is 5.73 Å². The van der Waals surface area contributed by atoms with Crippen LogP contribution in [0, 0.1) is 11.3 Å². The molecule has 4 rings (SSSR count). The van der Waals surface area contributed by atoms with E-state index in [1.165, 1.54) is 23.3 Å². The highest BCUT2D eigenvalue weighted by atomic mass is 32.1. The second kappa shape index (κ2) is 6.73. The highest BCUT2D eigenvalue weighted by molar-refractivity contribution is 7.19. The van der Waals surface area contributed by atoms with Crippen LogP contribution in [-0.2, 0) is 24.2 Å². The zero-order chi connectivity index (χ0) is 18.1. The predicted molar refractivity (Wildman–Crippen MR) is 98.7 cm³/mol. The Morgan fingerprint density at radius 1 is 1.23 bits per heavy atom. The molecular weight excluding hydrogens is 348 g/mol. The molecule has 0 aliphatic heterocycles. The molecule has 1 aliphatic rings. The summed E-state index contributed by atoms with van der Waals surface area (Å²) < 4.78 is 5.30. The van der Waals surface area contributed by atoms with Gasteiger partial charge in [-0.05, 0) is 55.5 Å². The first-order valence-corrected chi connectivity index (χ1v) is 9.21. The molecule has 1 aliphatic carbocycles. The third-order valence-electron chi connectivity index (χ3n) is 4.47. The Balaban J connectivity index is 1.54. The van der Waals surface area contributed by atoms with Crippen LogP contribution in [0.15, 0.2) is 24.3 Å². The number of nitrogens with two attached hydrogens (primary N) is 1. The number of hydrogen-bond acceptors (Lipinski definition) is 7. The summed E-state index contributed by atoms with van der Waals surface area (Å²) in [5.41, 5.74) is 8.32. The second-order valence-corrected chi connectivity index (χ2v) is 7.27. The summed E-state index contributed by atoms with van der Waals surface area (Å²) in [6.45, 7) is -0.0401. The number of carbonyl (C=O) groups is 1. The maximum absolute atomic E-state index is 12.1. The van der Waals surface area contributed by atoms with E-state index >= 15 is 0 Å². The number of nitrogens with zero attached hydrogens (tertiary/aromatic N) is 3. The minimum atomic E-state index is -0.484. The molecule has 0 saturated carbocycles. The van der Waals surface area contributed by atoms with Crippen LogP contribution in [0.3, 0.4) is 0 Å². The van der Waals surface area contributed by atoms with E-state index in [1.807, 2.05) is 6.07 Å². The fourth-order valence-corrected chi connectivity index (χ4v) is 4.48. The lowest BCUT2D eigenvalue weighted by molar-refractivity contribution is 0.0463. The van der Waals surface area contributed by atoms with Crippen molar-refractivity contribution in [2.24, 2.45) is 0 Å². The molecule has 0 atom stereocenters. The molecule has 0 bridgehead atoms. The average Bonchev–Trinajstić information content (AvgIpc) is 3.05. The van der Waals surface area contributed by atoms with Crippen molar-refractivity contribution in [3.05, 3.63) is 51.7 Å². The van der Waals surface area contributed by atoms with Gasteiger partial charge in [-0.3, -0.25) is 0 Å². The third-order valence-corrected chi connectivity index (χ3v) is 5.66. The van der Waals surface area contributed by atoms with Crippen molar-refractivity contribution in [1.82, 2.24) is 9.97 Å². The molecule has 0 amide bonds. The van der Waals surface area contributed by atoms with Gasteiger partial charge in [-0.1, -0.05) is 0 Å². The molecule has 0 unspecified atom stereocenters. The van der Waals surface area contributed by atoms with Crippen LogP contribution in [-0.4, -0.2) is 15.9 Å². The van der Waals surface area contributed by atoms with Gasteiger partial charge in [0.05, 0.1) is 22.6 Å². The third kappa shape index (κ3) is 3.00. The summed E-state index contributed by atoms with van der Waals surface area (Å²) in [5, 5.41) is 9.76. The number of rotatable bonds is 3. The zero-order valence-corrected chi connectivity index (χ0v) is 14.8. The van der Waals surface area contributed by atoms with Gasteiger partial charge in [-0.2, -0.15) is 5.26 Å². The van der Waals surface area contributed by atoms with Gasteiger partial charge in [0.1, 0.15) is 10.6 Å². The van der Waals surface area contributed by atoms with Gasteiger partial charge in [0, 0.05) is 4.88 Å². The monoisotopic (exact) mass is 364 g/mol. The van der Waals surface area contributed by atoms with Crippen LogP contribution >= 0.6 is 11.3 Å². The Morgan fingerprint density at radius 3 is 2.77 bits per heavy atom. The molecule has 0 spiro atoms. The highest BCUT2D eigenvalue weighted by Crippen LogP contribution is 2.37. The van der Waals surface area contributed by atoms with Crippen molar-refractivity contribution >= 4 is 33.3 Å². The molecule has 0 radical (unpaired) electrons. The van der Waals surface area contributed by atoms with Crippen molar-refractivity contribution in [3.8, 4) is 6.07 Å². The SMILES string of the molecule is N#Cc1ccc(C(=O)OCc2nc(N)c3c4c(sc3n2)CCCC4)cc1. The number of anilines is 1. The largest absolute Gasteiger partial charge is 0.454 e. The number of nitriles is 1. The number of esters is 1. The Hall–Kier alpha value is -2.98. The van der Waals surface area contributed by atoms with Crippen molar-refractivity contribution in [1.29, 1.82) is 5.26 Å². The van der Waals surface area contributed by atoms with Gasteiger partial charge in [-0.15, -0.1) is 11.3 Å². The fraction of sp³-hybridized carbons (Fsp3) is 0.263. The lowest BCUT2D eigenvalue weighted by Gasteiger charge is -2.10. The minimum Gasteiger partial charge on any atom is -0.454 e. The molecule has 7 heteroatoms. The van der Waals surface area contributed by atoms with Gasteiger partial charge in [0.25, 0.3) is 0 Å². The van der Waals surface area contributed by atoms with Crippen molar-refractivity contribution in [3.63, 3.8) is 0 Å². The molecule has 6 nitrogen and oxygen atoms in total. The molecule has 2 N–H and O–H groups in total. The van der Waals surface area contributed by atoms with Crippen LogP contribution in [0.4, 0.5) is 5.82 Å². The lowest BCUT2D eigenvalue weighted by Crippen LogP contribution is -2.09. The van der Waals surface area contributed by atoms with Gasteiger partial charge in [-0.25, -0.2) is 14.8 Å². The molecular formula is C19H16N4O2S. The molecule has 3 aromatic rings. The van der Waals surface area contributed by atoms with Crippen molar-refractivity contribution in [2.75, 3.05) is 5.73 Å². The first-order valence-electron chi connectivity index (χ1n) is 8.39.